The first-order valence-electron chi connectivity index (χ1n) is 5.91. The van der Waals surface area contributed by atoms with Crippen LogP contribution < -0.4 is 0 Å². The minimum Gasteiger partial charge on any atom is -0.481 e. The summed E-state index contributed by atoms with van der Waals surface area (Å²) in [4.78, 5) is 15.2. The number of pyridine rings is 1. The Balaban J connectivity index is 2.13. The van der Waals surface area contributed by atoms with Crippen LogP contribution in [0.3, 0.4) is 0 Å². The van der Waals surface area contributed by atoms with Crippen LogP contribution in [0.4, 0.5) is 0 Å². The minimum atomic E-state index is -3.07. The lowest BCUT2D eigenvalue weighted by Crippen LogP contribution is -2.26. The van der Waals surface area contributed by atoms with E-state index in [4.69, 9.17) is 11.6 Å². The van der Waals surface area contributed by atoms with E-state index in [-0.39, 0.29) is 23.8 Å². The topological polar surface area (TPSA) is 84.3 Å². The first-order chi connectivity index (χ1) is 8.87. The number of hydrogen-bond donors (Lipinski definition) is 1. The van der Waals surface area contributed by atoms with Gasteiger partial charge in [-0.15, -0.1) is 0 Å². The summed E-state index contributed by atoms with van der Waals surface area (Å²) in [7, 11) is -3.07. The van der Waals surface area contributed by atoms with Crippen LogP contribution in [0.2, 0.25) is 5.15 Å². The molecule has 0 amide bonds. The molecule has 0 bridgehead atoms. The quantitative estimate of drug-likeness (QED) is 0.850. The van der Waals surface area contributed by atoms with E-state index in [2.05, 4.69) is 4.98 Å². The molecule has 0 spiro atoms. The zero-order chi connectivity index (χ0) is 14.0. The molecule has 104 valence electrons. The lowest BCUT2D eigenvalue weighted by molar-refractivity contribution is -0.143. The number of halogens is 1. The Morgan fingerprint density at radius 2 is 2.26 bits per heavy atom. The highest BCUT2D eigenvalue weighted by Crippen LogP contribution is 2.29. The molecule has 5 nitrogen and oxygen atoms in total. The number of nitrogens with zero attached hydrogens (tertiary/aromatic N) is 1. The van der Waals surface area contributed by atoms with Gasteiger partial charge in [0.1, 0.15) is 5.15 Å². The fraction of sp³-hybridized carbons (Fsp3) is 0.500. The van der Waals surface area contributed by atoms with Gasteiger partial charge in [0.25, 0.3) is 0 Å². The first-order valence-corrected chi connectivity index (χ1v) is 8.11. The maximum Gasteiger partial charge on any atom is 0.307 e. The Morgan fingerprint density at radius 3 is 2.74 bits per heavy atom. The van der Waals surface area contributed by atoms with Gasteiger partial charge in [-0.2, -0.15) is 0 Å². The van der Waals surface area contributed by atoms with Crippen LogP contribution in [0.1, 0.15) is 12.0 Å². The van der Waals surface area contributed by atoms with Crippen LogP contribution >= 0.6 is 11.6 Å². The molecule has 1 aromatic heterocycles. The number of sulfone groups is 1. The minimum absolute atomic E-state index is 0.0367. The molecule has 1 saturated heterocycles. The second-order valence-electron chi connectivity index (χ2n) is 4.80. The standard InChI is InChI=1S/C12H14ClNO4S/c13-11-2-1-8(6-14-11)5-10(12(15)16)9-3-4-19(17,18)7-9/h1-2,6,9-10H,3-5,7H2,(H,15,16). The van der Waals surface area contributed by atoms with E-state index in [1.54, 1.807) is 12.1 Å². The molecule has 7 heteroatoms. The van der Waals surface area contributed by atoms with Gasteiger partial charge < -0.3 is 5.11 Å². The number of rotatable bonds is 4. The molecule has 2 rings (SSSR count). The Hall–Kier alpha value is -1.14. The van der Waals surface area contributed by atoms with E-state index >= 15 is 0 Å². The van der Waals surface area contributed by atoms with Gasteiger partial charge in [-0.25, -0.2) is 13.4 Å². The number of hydrogen-bond acceptors (Lipinski definition) is 4. The van der Waals surface area contributed by atoms with Crippen LogP contribution in [-0.2, 0) is 21.1 Å². The smallest absolute Gasteiger partial charge is 0.307 e. The second-order valence-corrected chi connectivity index (χ2v) is 7.42. The van der Waals surface area contributed by atoms with Crippen LogP contribution in [-0.4, -0.2) is 36.0 Å². The highest BCUT2D eigenvalue weighted by Gasteiger charge is 2.37. The molecular formula is C12H14ClNO4S. The highest BCUT2D eigenvalue weighted by molar-refractivity contribution is 7.91. The van der Waals surface area contributed by atoms with Crippen molar-refractivity contribution in [2.24, 2.45) is 11.8 Å². The zero-order valence-electron chi connectivity index (χ0n) is 10.1. The number of carboxylic acid groups (broad SMARTS) is 1. The average molecular weight is 304 g/mol. The van der Waals surface area contributed by atoms with Crippen molar-refractivity contribution in [2.45, 2.75) is 12.8 Å². The summed E-state index contributed by atoms with van der Waals surface area (Å²) in [6.07, 6.45) is 2.22. The molecule has 0 saturated carbocycles. The fourth-order valence-electron chi connectivity index (χ4n) is 2.38. The predicted octanol–water partition coefficient (Wildman–Crippen LogP) is 1.41. The van der Waals surface area contributed by atoms with E-state index in [1.165, 1.54) is 6.20 Å². The van der Waals surface area contributed by atoms with Gasteiger partial charge >= 0.3 is 5.97 Å². The number of aromatic nitrogens is 1. The van der Waals surface area contributed by atoms with Crippen molar-refractivity contribution in [3.8, 4) is 0 Å². The number of carbonyl (C=O) groups is 1. The largest absolute Gasteiger partial charge is 0.481 e. The van der Waals surface area contributed by atoms with Crippen molar-refractivity contribution in [1.29, 1.82) is 0 Å². The Morgan fingerprint density at radius 1 is 1.53 bits per heavy atom. The van der Waals surface area contributed by atoms with E-state index in [1.807, 2.05) is 0 Å². The molecule has 0 aliphatic carbocycles. The normalized spacial score (nSPS) is 23.1. The van der Waals surface area contributed by atoms with Crippen molar-refractivity contribution < 1.29 is 18.3 Å². The summed E-state index contributed by atoms with van der Waals surface area (Å²) >= 11 is 5.67. The Labute approximate surface area is 116 Å². The molecule has 1 aliphatic heterocycles. The van der Waals surface area contributed by atoms with Crippen molar-refractivity contribution in [1.82, 2.24) is 4.98 Å². The third-order valence-electron chi connectivity index (χ3n) is 3.40. The molecule has 2 unspecified atom stereocenters. The van der Waals surface area contributed by atoms with Gasteiger partial charge in [-0.3, -0.25) is 4.79 Å². The first kappa shape index (κ1) is 14.3. The second kappa shape index (κ2) is 5.46. The van der Waals surface area contributed by atoms with E-state index in [9.17, 15) is 18.3 Å². The fourth-order valence-corrected chi connectivity index (χ4v) is 4.37. The van der Waals surface area contributed by atoms with Gasteiger partial charge in [0.15, 0.2) is 9.84 Å². The molecule has 1 aromatic rings. The molecule has 2 heterocycles. The number of aliphatic carboxylic acids is 1. The lowest BCUT2D eigenvalue weighted by Gasteiger charge is -2.18. The van der Waals surface area contributed by atoms with Crippen molar-refractivity contribution in [2.75, 3.05) is 11.5 Å². The molecule has 1 aliphatic rings. The van der Waals surface area contributed by atoms with Gasteiger partial charge in [0.2, 0.25) is 0 Å². The molecule has 19 heavy (non-hydrogen) atoms. The monoisotopic (exact) mass is 303 g/mol. The predicted molar refractivity (Wildman–Crippen MR) is 70.8 cm³/mol. The SMILES string of the molecule is O=C(O)C(Cc1ccc(Cl)nc1)C1CCS(=O)(=O)C1. The Kier molecular flexibility index (Phi) is 4.10. The van der Waals surface area contributed by atoms with E-state index in [0.29, 0.717) is 11.6 Å². The maximum atomic E-state index is 11.4. The zero-order valence-corrected chi connectivity index (χ0v) is 11.7. The summed E-state index contributed by atoms with van der Waals surface area (Å²) < 4.78 is 22.9. The van der Waals surface area contributed by atoms with E-state index in [0.717, 1.165) is 5.56 Å². The number of carboxylic acids is 1. The van der Waals surface area contributed by atoms with Gasteiger partial charge in [-0.1, -0.05) is 17.7 Å². The van der Waals surface area contributed by atoms with Crippen molar-refractivity contribution in [3.05, 3.63) is 29.0 Å². The third kappa shape index (κ3) is 3.67. The molecule has 1 N–H and O–H groups in total. The average Bonchev–Trinajstić information content (AvgIpc) is 2.68. The third-order valence-corrected chi connectivity index (χ3v) is 5.42. The molecule has 2 atom stereocenters. The van der Waals surface area contributed by atoms with Gasteiger partial charge in [-0.05, 0) is 30.4 Å². The maximum absolute atomic E-state index is 11.4. The molecular weight excluding hydrogens is 290 g/mol. The molecule has 0 aromatic carbocycles. The highest BCUT2D eigenvalue weighted by atomic mass is 35.5. The Bertz CT molecular complexity index is 570. The van der Waals surface area contributed by atoms with E-state index < -0.39 is 21.7 Å². The molecule has 1 fully saturated rings. The summed E-state index contributed by atoms with van der Waals surface area (Å²) in [6, 6.07) is 3.32. The van der Waals surface area contributed by atoms with Crippen LogP contribution in [0.5, 0.6) is 0 Å². The van der Waals surface area contributed by atoms with Crippen molar-refractivity contribution in [3.63, 3.8) is 0 Å². The van der Waals surface area contributed by atoms with Crippen LogP contribution in [0.15, 0.2) is 18.3 Å². The summed E-state index contributed by atoms with van der Waals surface area (Å²) in [5.41, 5.74) is 0.751. The summed E-state index contributed by atoms with van der Waals surface area (Å²) in [5.74, 6) is -1.93. The summed E-state index contributed by atoms with van der Waals surface area (Å²) in [6.45, 7) is 0. The van der Waals surface area contributed by atoms with Crippen molar-refractivity contribution >= 4 is 27.4 Å². The lowest BCUT2D eigenvalue weighted by atomic mass is 9.87. The van der Waals surface area contributed by atoms with Crippen LogP contribution in [0, 0.1) is 11.8 Å². The van der Waals surface area contributed by atoms with Gasteiger partial charge in [0.05, 0.1) is 17.4 Å². The molecule has 0 radical (unpaired) electrons. The van der Waals surface area contributed by atoms with Gasteiger partial charge in [0, 0.05) is 6.20 Å². The summed E-state index contributed by atoms with van der Waals surface area (Å²) in [5, 5.41) is 9.62. The van der Waals surface area contributed by atoms with Crippen LogP contribution in [0.25, 0.3) is 0 Å².